The highest BCUT2D eigenvalue weighted by molar-refractivity contribution is 9.10. The third-order valence-electron chi connectivity index (χ3n) is 2.82. The number of benzene rings is 1. The van der Waals surface area contributed by atoms with Gasteiger partial charge in [0.15, 0.2) is 0 Å². The van der Waals surface area contributed by atoms with Crippen LogP contribution in [0.2, 0.25) is 0 Å². The van der Waals surface area contributed by atoms with Crippen LogP contribution >= 0.6 is 15.9 Å². The molecule has 0 atom stereocenters. The Morgan fingerprint density at radius 3 is 2.61 bits per heavy atom. The van der Waals surface area contributed by atoms with E-state index in [9.17, 15) is 8.42 Å². The van der Waals surface area contributed by atoms with E-state index in [4.69, 9.17) is 5.26 Å². The molecule has 0 spiro atoms. The zero-order chi connectivity index (χ0) is 13.2. The number of hydrogen-bond donors (Lipinski definition) is 0. The lowest BCUT2D eigenvalue weighted by Crippen LogP contribution is -2.34. The number of nitriles is 1. The normalized spacial score (nSPS) is 15.6. The maximum absolute atomic E-state index is 12.5. The Morgan fingerprint density at radius 2 is 2.06 bits per heavy atom. The van der Waals surface area contributed by atoms with Gasteiger partial charge in [-0.05, 0) is 40.9 Å². The number of hydrogen-bond acceptors (Lipinski definition) is 3. The van der Waals surface area contributed by atoms with Crippen LogP contribution in [0.15, 0.2) is 33.6 Å². The minimum atomic E-state index is -3.51. The molecule has 0 saturated heterocycles. The molecule has 0 unspecified atom stereocenters. The molecule has 0 aromatic heterocycles. The topological polar surface area (TPSA) is 61.2 Å². The predicted molar refractivity (Wildman–Crippen MR) is 71.3 cm³/mol. The second kappa shape index (κ2) is 5.39. The van der Waals surface area contributed by atoms with E-state index < -0.39 is 10.0 Å². The zero-order valence-electron chi connectivity index (χ0n) is 9.71. The highest BCUT2D eigenvalue weighted by atomic mass is 79.9. The molecule has 1 saturated carbocycles. The van der Waals surface area contributed by atoms with Crippen molar-refractivity contribution in [3.05, 3.63) is 28.7 Å². The smallest absolute Gasteiger partial charge is 0.207 e. The fraction of sp³-hybridized carbons (Fsp3) is 0.417. The van der Waals surface area contributed by atoms with E-state index in [1.54, 1.807) is 24.3 Å². The van der Waals surface area contributed by atoms with Gasteiger partial charge in [0.1, 0.15) is 0 Å². The summed E-state index contributed by atoms with van der Waals surface area (Å²) in [4.78, 5) is 0.273. The number of nitrogens with zero attached hydrogens (tertiary/aromatic N) is 2. The number of rotatable bonds is 5. The average molecular weight is 329 g/mol. The quantitative estimate of drug-likeness (QED) is 0.834. The van der Waals surface area contributed by atoms with Crippen molar-refractivity contribution < 1.29 is 8.42 Å². The predicted octanol–water partition coefficient (Wildman–Crippen LogP) is 2.52. The van der Waals surface area contributed by atoms with E-state index in [0.29, 0.717) is 4.47 Å². The molecule has 1 aliphatic rings. The molecular formula is C12H13BrN2O2S. The molecule has 2 rings (SSSR count). The van der Waals surface area contributed by atoms with Crippen LogP contribution in [0.1, 0.15) is 19.3 Å². The van der Waals surface area contributed by atoms with Crippen LogP contribution in [0.3, 0.4) is 0 Å². The lowest BCUT2D eigenvalue weighted by Gasteiger charge is -2.21. The first-order chi connectivity index (χ1) is 8.57. The number of halogens is 1. The van der Waals surface area contributed by atoms with Gasteiger partial charge in [0, 0.05) is 23.5 Å². The van der Waals surface area contributed by atoms with Gasteiger partial charge in [-0.25, -0.2) is 8.42 Å². The maximum atomic E-state index is 12.5. The molecule has 0 heterocycles. The summed E-state index contributed by atoms with van der Waals surface area (Å²) in [5.74, 6) is 0. The Kier molecular flexibility index (Phi) is 4.05. The summed E-state index contributed by atoms with van der Waals surface area (Å²) in [6, 6.07) is 8.84. The first-order valence-electron chi connectivity index (χ1n) is 5.70. The summed E-state index contributed by atoms with van der Waals surface area (Å²) >= 11 is 3.27. The molecule has 0 aliphatic heterocycles. The van der Waals surface area contributed by atoms with E-state index in [2.05, 4.69) is 15.9 Å². The molecule has 1 fully saturated rings. The van der Waals surface area contributed by atoms with E-state index in [1.165, 1.54) is 4.31 Å². The lowest BCUT2D eigenvalue weighted by atomic mass is 10.4. The molecular weight excluding hydrogens is 316 g/mol. The Bertz CT molecular complexity index is 576. The SMILES string of the molecule is N#CCCN(C1CC1)S(=O)(=O)c1ccccc1Br. The fourth-order valence-electron chi connectivity index (χ4n) is 1.80. The van der Waals surface area contributed by atoms with Gasteiger partial charge in [-0.15, -0.1) is 0 Å². The van der Waals surface area contributed by atoms with Crippen molar-refractivity contribution in [2.24, 2.45) is 0 Å². The van der Waals surface area contributed by atoms with Crippen molar-refractivity contribution in [2.75, 3.05) is 6.54 Å². The minimum absolute atomic E-state index is 0.0652. The van der Waals surface area contributed by atoms with Gasteiger partial charge in [0.05, 0.1) is 11.0 Å². The van der Waals surface area contributed by atoms with Crippen molar-refractivity contribution in [2.45, 2.75) is 30.2 Å². The van der Waals surface area contributed by atoms with Gasteiger partial charge in [0.25, 0.3) is 0 Å². The minimum Gasteiger partial charge on any atom is -0.207 e. The van der Waals surface area contributed by atoms with E-state index in [1.807, 2.05) is 6.07 Å². The van der Waals surface area contributed by atoms with Crippen LogP contribution in [0.5, 0.6) is 0 Å². The highest BCUT2D eigenvalue weighted by Gasteiger charge is 2.38. The summed E-state index contributed by atoms with van der Waals surface area (Å²) in [5, 5.41) is 8.63. The van der Waals surface area contributed by atoms with Crippen LogP contribution in [0, 0.1) is 11.3 Å². The van der Waals surface area contributed by atoms with E-state index in [0.717, 1.165) is 12.8 Å². The first kappa shape index (κ1) is 13.5. The Hall–Kier alpha value is -0.900. The summed E-state index contributed by atoms with van der Waals surface area (Å²) < 4.78 is 27.1. The fourth-order valence-corrected chi connectivity index (χ4v) is 4.45. The molecule has 0 amide bonds. The molecule has 6 heteroatoms. The second-order valence-corrected chi connectivity index (χ2v) is 6.90. The van der Waals surface area contributed by atoms with Crippen LogP contribution in [0.4, 0.5) is 0 Å². The third kappa shape index (κ3) is 2.74. The van der Waals surface area contributed by atoms with Crippen molar-refractivity contribution in [1.82, 2.24) is 4.31 Å². The van der Waals surface area contributed by atoms with Crippen molar-refractivity contribution >= 4 is 26.0 Å². The zero-order valence-corrected chi connectivity index (χ0v) is 12.1. The molecule has 0 N–H and O–H groups in total. The Morgan fingerprint density at radius 1 is 1.39 bits per heavy atom. The summed E-state index contributed by atoms with van der Waals surface area (Å²) in [6.45, 7) is 0.269. The van der Waals surface area contributed by atoms with Gasteiger partial charge in [0.2, 0.25) is 10.0 Å². The summed E-state index contributed by atoms with van der Waals surface area (Å²) in [5.41, 5.74) is 0. The molecule has 96 valence electrons. The molecule has 0 bridgehead atoms. The molecule has 1 aromatic rings. The van der Waals surface area contributed by atoms with Gasteiger partial charge in [-0.3, -0.25) is 0 Å². The van der Waals surface area contributed by atoms with Crippen molar-refractivity contribution in [1.29, 1.82) is 5.26 Å². The molecule has 1 aliphatic carbocycles. The lowest BCUT2D eigenvalue weighted by molar-refractivity contribution is 0.410. The highest BCUT2D eigenvalue weighted by Crippen LogP contribution is 2.34. The van der Waals surface area contributed by atoms with Crippen LogP contribution in [0.25, 0.3) is 0 Å². The van der Waals surface area contributed by atoms with Gasteiger partial charge in [-0.2, -0.15) is 9.57 Å². The third-order valence-corrected chi connectivity index (χ3v) is 5.79. The van der Waals surface area contributed by atoms with E-state index >= 15 is 0 Å². The standard InChI is InChI=1S/C12H13BrN2O2S/c13-11-4-1-2-5-12(11)18(16,17)15(9-3-8-14)10-6-7-10/h1-2,4-5,10H,3,6-7,9H2. The monoisotopic (exact) mass is 328 g/mol. The van der Waals surface area contributed by atoms with Crippen molar-refractivity contribution in [3.63, 3.8) is 0 Å². The molecule has 1 aromatic carbocycles. The Balaban J connectivity index is 2.34. The first-order valence-corrected chi connectivity index (χ1v) is 7.94. The average Bonchev–Trinajstić information content (AvgIpc) is 3.14. The van der Waals surface area contributed by atoms with Gasteiger partial charge >= 0.3 is 0 Å². The molecule has 0 radical (unpaired) electrons. The summed E-state index contributed by atoms with van der Waals surface area (Å²) in [7, 11) is -3.51. The second-order valence-electron chi connectivity index (χ2n) is 4.19. The van der Waals surface area contributed by atoms with Gasteiger partial charge < -0.3 is 0 Å². The van der Waals surface area contributed by atoms with Crippen LogP contribution in [-0.2, 0) is 10.0 Å². The largest absolute Gasteiger partial charge is 0.244 e. The number of sulfonamides is 1. The summed E-state index contributed by atoms with van der Waals surface area (Å²) in [6.07, 6.45) is 1.99. The van der Waals surface area contributed by atoms with E-state index in [-0.39, 0.29) is 23.9 Å². The maximum Gasteiger partial charge on any atom is 0.244 e. The van der Waals surface area contributed by atoms with Crippen LogP contribution < -0.4 is 0 Å². The van der Waals surface area contributed by atoms with Crippen molar-refractivity contribution in [3.8, 4) is 6.07 Å². The molecule has 4 nitrogen and oxygen atoms in total. The van der Waals surface area contributed by atoms with Crippen LogP contribution in [-0.4, -0.2) is 25.3 Å². The Labute approximate surface area is 115 Å². The molecule has 18 heavy (non-hydrogen) atoms. The van der Waals surface area contributed by atoms with Gasteiger partial charge in [-0.1, -0.05) is 12.1 Å².